The van der Waals surface area contributed by atoms with E-state index < -0.39 is 16.1 Å². The molecule has 1 aliphatic carbocycles. The van der Waals surface area contributed by atoms with Crippen molar-refractivity contribution in [1.29, 1.82) is 0 Å². The standard InChI is InChI=1S/C12H25N3O3S/c1-9(2)8-19(17,18)15-11(12(13)14-16)10-6-4-3-5-7-10/h9-11,15-16H,3-8H2,1-2H3,(H2,13,14). The second-order valence-electron chi connectivity index (χ2n) is 5.69. The van der Waals surface area contributed by atoms with E-state index in [1.165, 1.54) is 0 Å². The van der Waals surface area contributed by atoms with Crippen LogP contribution in [0.4, 0.5) is 0 Å². The minimum Gasteiger partial charge on any atom is -0.409 e. The first-order valence-corrected chi connectivity index (χ1v) is 8.48. The Bertz CT molecular complexity index is 400. The Labute approximate surface area is 115 Å². The van der Waals surface area contributed by atoms with E-state index in [1.807, 2.05) is 13.8 Å². The molecule has 0 bridgehead atoms. The normalized spacial score (nSPS) is 20.7. The van der Waals surface area contributed by atoms with Gasteiger partial charge in [-0.15, -0.1) is 0 Å². The van der Waals surface area contributed by atoms with Gasteiger partial charge in [0.25, 0.3) is 0 Å². The Hall–Kier alpha value is -0.820. The second-order valence-corrected chi connectivity index (χ2v) is 7.49. The number of amidine groups is 1. The molecular weight excluding hydrogens is 266 g/mol. The van der Waals surface area contributed by atoms with Crippen LogP contribution in [0.1, 0.15) is 46.0 Å². The van der Waals surface area contributed by atoms with Crippen molar-refractivity contribution in [2.24, 2.45) is 22.7 Å². The summed E-state index contributed by atoms with van der Waals surface area (Å²) in [6.45, 7) is 3.69. The van der Waals surface area contributed by atoms with Crippen LogP contribution >= 0.6 is 0 Å². The summed E-state index contributed by atoms with van der Waals surface area (Å²) in [5.74, 6) is 0.164. The van der Waals surface area contributed by atoms with E-state index in [9.17, 15) is 8.42 Å². The van der Waals surface area contributed by atoms with Crippen LogP contribution in [0.25, 0.3) is 0 Å². The first kappa shape index (κ1) is 16.2. The number of nitrogens with two attached hydrogens (primary N) is 1. The largest absolute Gasteiger partial charge is 0.409 e. The van der Waals surface area contributed by atoms with E-state index in [0.29, 0.717) is 0 Å². The molecule has 1 unspecified atom stereocenters. The molecule has 1 rings (SSSR count). The van der Waals surface area contributed by atoms with Gasteiger partial charge in [0.2, 0.25) is 10.0 Å². The molecule has 0 aromatic heterocycles. The van der Waals surface area contributed by atoms with Crippen LogP contribution in [-0.2, 0) is 10.0 Å². The summed E-state index contributed by atoms with van der Waals surface area (Å²) in [7, 11) is -3.41. The molecule has 0 radical (unpaired) electrons. The highest BCUT2D eigenvalue weighted by molar-refractivity contribution is 7.89. The number of nitrogens with zero attached hydrogens (tertiary/aromatic N) is 1. The Balaban J connectivity index is 2.80. The summed E-state index contributed by atoms with van der Waals surface area (Å²) in [6.07, 6.45) is 5.10. The maximum Gasteiger partial charge on any atom is 0.212 e. The zero-order chi connectivity index (χ0) is 14.5. The third-order valence-corrected chi connectivity index (χ3v) is 5.13. The molecule has 112 valence electrons. The van der Waals surface area contributed by atoms with E-state index in [1.54, 1.807) is 0 Å². The lowest BCUT2D eigenvalue weighted by Crippen LogP contribution is -2.50. The third-order valence-electron chi connectivity index (χ3n) is 3.41. The van der Waals surface area contributed by atoms with Crippen LogP contribution in [0.2, 0.25) is 0 Å². The summed E-state index contributed by atoms with van der Waals surface area (Å²) < 4.78 is 26.6. The Morgan fingerprint density at radius 3 is 2.42 bits per heavy atom. The Kier molecular flexibility index (Phi) is 6.06. The molecule has 0 heterocycles. The van der Waals surface area contributed by atoms with Gasteiger partial charge in [0.15, 0.2) is 5.84 Å². The van der Waals surface area contributed by atoms with Gasteiger partial charge < -0.3 is 10.9 Å². The number of hydrogen-bond acceptors (Lipinski definition) is 4. The second kappa shape index (κ2) is 7.09. The topological polar surface area (TPSA) is 105 Å². The number of oxime groups is 1. The van der Waals surface area contributed by atoms with Gasteiger partial charge in [-0.1, -0.05) is 38.3 Å². The summed E-state index contributed by atoms with van der Waals surface area (Å²) >= 11 is 0. The lowest BCUT2D eigenvalue weighted by molar-refractivity contribution is 0.297. The molecule has 1 atom stereocenters. The number of sulfonamides is 1. The van der Waals surface area contributed by atoms with Gasteiger partial charge in [0.05, 0.1) is 11.8 Å². The van der Waals surface area contributed by atoms with E-state index in [4.69, 9.17) is 10.9 Å². The van der Waals surface area contributed by atoms with Gasteiger partial charge in [-0.2, -0.15) is 0 Å². The van der Waals surface area contributed by atoms with Gasteiger partial charge in [-0.3, -0.25) is 0 Å². The lowest BCUT2D eigenvalue weighted by atomic mass is 9.84. The van der Waals surface area contributed by atoms with Gasteiger partial charge in [-0.05, 0) is 24.7 Å². The van der Waals surface area contributed by atoms with Crippen LogP contribution in [0.15, 0.2) is 5.16 Å². The van der Waals surface area contributed by atoms with Crippen LogP contribution in [0.3, 0.4) is 0 Å². The van der Waals surface area contributed by atoms with Crippen molar-refractivity contribution in [3.63, 3.8) is 0 Å². The summed E-state index contributed by atoms with van der Waals surface area (Å²) in [5, 5.41) is 11.8. The number of nitrogens with one attached hydrogen (secondary N) is 1. The zero-order valence-corrected chi connectivity index (χ0v) is 12.5. The van der Waals surface area contributed by atoms with Crippen LogP contribution in [-0.4, -0.2) is 31.3 Å². The van der Waals surface area contributed by atoms with E-state index >= 15 is 0 Å². The quantitative estimate of drug-likeness (QED) is 0.296. The predicted octanol–water partition coefficient (Wildman–Crippen LogP) is 1.26. The minimum absolute atomic E-state index is 0.0387. The molecule has 4 N–H and O–H groups in total. The van der Waals surface area contributed by atoms with Gasteiger partial charge in [0, 0.05) is 0 Å². The predicted molar refractivity (Wildman–Crippen MR) is 75.5 cm³/mol. The maximum atomic E-state index is 12.0. The minimum atomic E-state index is -3.41. The molecule has 7 heteroatoms. The summed E-state index contributed by atoms with van der Waals surface area (Å²) in [5.41, 5.74) is 5.66. The van der Waals surface area contributed by atoms with Gasteiger partial charge in [0.1, 0.15) is 0 Å². The molecule has 0 aromatic carbocycles. The summed E-state index contributed by atoms with van der Waals surface area (Å²) in [4.78, 5) is 0. The first-order valence-electron chi connectivity index (χ1n) is 6.83. The number of rotatable bonds is 6. The molecule has 6 nitrogen and oxygen atoms in total. The fraction of sp³-hybridized carbons (Fsp3) is 0.917. The Morgan fingerprint density at radius 2 is 1.95 bits per heavy atom. The van der Waals surface area contributed by atoms with Crippen molar-refractivity contribution in [2.75, 3.05) is 5.75 Å². The first-order chi connectivity index (χ1) is 8.85. The SMILES string of the molecule is CC(C)CS(=O)(=O)NC(C(N)=NO)C1CCCCC1. The smallest absolute Gasteiger partial charge is 0.212 e. The van der Waals surface area contributed by atoms with Gasteiger partial charge >= 0.3 is 0 Å². The highest BCUT2D eigenvalue weighted by Gasteiger charge is 2.30. The molecule has 0 spiro atoms. The fourth-order valence-electron chi connectivity index (χ4n) is 2.61. The summed E-state index contributed by atoms with van der Waals surface area (Å²) in [6, 6.07) is -0.589. The highest BCUT2D eigenvalue weighted by atomic mass is 32.2. The zero-order valence-electron chi connectivity index (χ0n) is 11.7. The van der Waals surface area contributed by atoms with E-state index in [-0.39, 0.29) is 23.4 Å². The van der Waals surface area contributed by atoms with Crippen molar-refractivity contribution >= 4 is 15.9 Å². The molecule has 1 saturated carbocycles. The average molecular weight is 291 g/mol. The van der Waals surface area contributed by atoms with Crippen molar-refractivity contribution in [2.45, 2.75) is 52.0 Å². The molecule has 19 heavy (non-hydrogen) atoms. The van der Waals surface area contributed by atoms with Crippen LogP contribution in [0.5, 0.6) is 0 Å². The van der Waals surface area contributed by atoms with Crippen molar-refractivity contribution in [3.05, 3.63) is 0 Å². The molecule has 1 fully saturated rings. The van der Waals surface area contributed by atoms with Crippen molar-refractivity contribution in [3.8, 4) is 0 Å². The molecule has 0 saturated heterocycles. The van der Waals surface area contributed by atoms with Gasteiger partial charge in [-0.25, -0.2) is 13.1 Å². The van der Waals surface area contributed by atoms with Crippen LogP contribution < -0.4 is 10.5 Å². The molecule has 1 aliphatic rings. The Morgan fingerprint density at radius 1 is 1.37 bits per heavy atom. The van der Waals surface area contributed by atoms with E-state index in [0.717, 1.165) is 32.1 Å². The molecule has 0 aromatic rings. The highest BCUT2D eigenvalue weighted by Crippen LogP contribution is 2.27. The molecule has 0 amide bonds. The molecule has 0 aliphatic heterocycles. The third kappa shape index (κ3) is 5.36. The molecular formula is C12H25N3O3S. The lowest BCUT2D eigenvalue weighted by Gasteiger charge is -2.30. The number of hydrogen-bond donors (Lipinski definition) is 3. The fourth-order valence-corrected chi connectivity index (χ4v) is 4.28. The monoisotopic (exact) mass is 291 g/mol. The van der Waals surface area contributed by atoms with E-state index in [2.05, 4.69) is 9.88 Å². The average Bonchev–Trinajstić information content (AvgIpc) is 2.34. The van der Waals surface area contributed by atoms with Crippen LogP contribution in [0, 0.1) is 11.8 Å². The van der Waals surface area contributed by atoms with Crippen molar-refractivity contribution < 1.29 is 13.6 Å². The van der Waals surface area contributed by atoms with Crippen molar-refractivity contribution in [1.82, 2.24) is 4.72 Å². The maximum absolute atomic E-state index is 12.0.